The lowest BCUT2D eigenvalue weighted by molar-refractivity contribution is 0.0470. The van der Waals surface area contributed by atoms with E-state index in [0.717, 1.165) is 32.9 Å². The lowest BCUT2D eigenvalue weighted by Gasteiger charge is -2.02. The molecule has 0 bridgehead atoms. The van der Waals surface area contributed by atoms with Gasteiger partial charge in [0.15, 0.2) is 6.61 Å². The largest absolute Gasteiger partial charge is 0.453 e. The number of nitrogens with zero attached hydrogens (tertiary/aromatic N) is 2. The lowest BCUT2D eigenvalue weighted by Crippen LogP contribution is -2.14. The second kappa shape index (κ2) is 7.88. The highest BCUT2D eigenvalue weighted by atomic mass is 16.5. The minimum atomic E-state index is -0.565. The van der Waals surface area contributed by atoms with Crippen LogP contribution in [0.5, 0.6) is 0 Å². The summed E-state index contributed by atoms with van der Waals surface area (Å²) in [6.45, 7) is 4.14. The monoisotopic (exact) mass is 399 g/mol. The third-order valence-corrected chi connectivity index (χ3v) is 5.20. The number of H-pyrrole nitrogens is 1. The molecule has 6 nitrogen and oxygen atoms in total. The van der Waals surface area contributed by atoms with Gasteiger partial charge in [0.25, 0.3) is 0 Å². The number of benzene rings is 2. The van der Waals surface area contributed by atoms with Crippen molar-refractivity contribution in [1.82, 2.24) is 9.55 Å². The van der Waals surface area contributed by atoms with Crippen LogP contribution in [0.25, 0.3) is 21.8 Å². The second-order valence-corrected chi connectivity index (χ2v) is 7.39. The summed E-state index contributed by atoms with van der Waals surface area (Å²) >= 11 is 0. The van der Waals surface area contributed by atoms with Gasteiger partial charge in [-0.1, -0.05) is 24.3 Å². The zero-order valence-corrected chi connectivity index (χ0v) is 16.9. The standard InChI is InChI=1S/C24H21N3O3/c1-15-10-16(2)18-12-21(26-20(18)11-15)24(29)30-14-23(28)19-13-27(9-5-8-25)22-7-4-3-6-17(19)22/h3-4,6-7,10-13,26H,5,9,14H2,1-2H3. The maximum Gasteiger partial charge on any atom is 0.355 e. The van der Waals surface area contributed by atoms with Crippen molar-refractivity contribution >= 4 is 33.6 Å². The van der Waals surface area contributed by atoms with Gasteiger partial charge in [0.2, 0.25) is 5.78 Å². The molecule has 2 aromatic carbocycles. The number of para-hydroxylation sites is 1. The quantitative estimate of drug-likeness (QED) is 0.376. The summed E-state index contributed by atoms with van der Waals surface area (Å²) in [6.07, 6.45) is 2.08. The molecular weight excluding hydrogens is 378 g/mol. The molecule has 0 aliphatic heterocycles. The van der Waals surface area contributed by atoms with E-state index in [0.29, 0.717) is 24.2 Å². The molecular formula is C24H21N3O3. The van der Waals surface area contributed by atoms with Crippen LogP contribution in [-0.2, 0) is 11.3 Å². The van der Waals surface area contributed by atoms with Gasteiger partial charge in [-0.15, -0.1) is 0 Å². The van der Waals surface area contributed by atoms with Gasteiger partial charge in [-0.2, -0.15) is 5.26 Å². The molecule has 4 aromatic rings. The number of aromatic amines is 1. The molecule has 2 aromatic heterocycles. The van der Waals surface area contributed by atoms with Crippen molar-refractivity contribution in [2.45, 2.75) is 26.8 Å². The maximum absolute atomic E-state index is 12.8. The van der Waals surface area contributed by atoms with E-state index < -0.39 is 5.97 Å². The first-order valence-corrected chi connectivity index (χ1v) is 9.73. The lowest BCUT2D eigenvalue weighted by atomic mass is 10.1. The Balaban J connectivity index is 1.53. The molecule has 0 fully saturated rings. The van der Waals surface area contributed by atoms with Crippen LogP contribution in [0.2, 0.25) is 0 Å². The van der Waals surface area contributed by atoms with Crippen molar-refractivity contribution in [1.29, 1.82) is 5.26 Å². The van der Waals surface area contributed by atoms with Gasteiger partial charge in [-0.05, 0) is 43.2 Å². The topological polar surface area (TPSA) is 87.9 Å². The van der Waals surface area contributed by atoms with Crippen molar-refractivity contribution in [2.24, 2.45) is 0 Å². The number of esters is 1. The number of fused-ring (bicyclic) bond motifs is 2. The van der Waals surface area contributed by atoms with E-state index in [-0.39, 0.29) is 12.4 Å². The van der Waals surface area contributed by atoms with Crippen LogP contribution in [0.4, 0.5) is 0 Å². The summed E-state index contributed by atoms with van der Waals surface area (Å²) in [5.74, 6) is -0.844. The normalized spacial score (nSPS) is 11.0. The van der Waals surface area contributed by atoms with E-state index in [4.69, 9.17) is 10.00 Å². The molecule has 0 saturated carbocycles. The summed E-state index contributed by atoms with van der Waals surface area (Å²) in [5, 5.41) is 10.6. The fraction of sp³-hybridized carbons (Fsp3) is 0.208. The van der Waals surface area contributed by atoms with Crippen molar-refractivity contribution in [3.8, 4) is 6.07 Å². The molecule has 4 rings (SSSR count). The van der Waals surface area contributed by atoms with Gasteiger partial charge in [-0.25, -0.2) is 4.79 Å². The average molecular weight is 399 g/mol. The van der Waals surface area contributed by atoms with Crippen LogP contribution in [0, 0.1) is 25.2 Å². The first-order valence-electron chi connectivity index (χ1n) is 9.73. The van der Waals surface area contributed by atoms with Crippen molar-refractivity contribution in [3.63, 3.8) is 0 Å². The van der Waals surface area contributed by atoms with Crippen LogP contribution in [0.1, 0.15) is 38.4 Å². The predicted molar refractivity (Wildman–Crippen MR) is 115 cm³/mol. The minimum Gasteiger partial charge on any atom is -0.453 e. The Labute approximate surface area is 173 Å². The Morgan fingerprint density at radius 3 is 2.73 bits per heavy atom. The predicted octanol–water partition coefficient (Wildman–Crippen LogP) is 4.69. The number of hydrogen-bond acceptors (Lipinski definition) is 4. The Bertz CT molecular complexity index is 1320. The van der Waals surface area contributed by atoms with Crippen molar-refractivity contribution in [3.05, 3.63) is 71.0 Å². The molecule has 0 aliphatic carbocycles. The molecule has 6 heteroatoms. The Hall–Kier alpha value is -3.85. The maximum atomic E-state index is 12.8. The molecule has 1 N–H and O–H groups in total. The molecule has 0 spiro atoms. The van der Waals surface area contributed by atoms with Gasteiger partial charge in [0, 0.05) is 40.1 Å². The van der Waals surface area contributed by atoms with Crippen LogP contribution < -0.4 is 0 Å². The zero-order chi connectivity index (χ0) is 21.3. The van der Waals surface area contributed by atoms with E-state index in [1.807, 2.05) is 48.7 Å². The number of hydrogen-bond donors (Lipinski definition) is 1. The molecule has 150 valence electrons. The molecule has 0 amide bonds. The van der Waals surface area contributed by atoms with Crippen LogP contribution in [0.3, 0.4) is 0 Å². The number of Topliss-reactive ketones (excluding diaryl/α,β-unsaturated/α-hetero) is 1. The highest BCUT2D eigenvalue weighted by Gasteiger charge is 2.18. The summed E-state index contributed by atoms with van der Waals surface area (Å²) in [5.41, 5.74) is 4.73. The van der Waals surface area contributed by atoms with Crippen LogP contribution in [0.15, 0.2) is 48.7 Å². The van der Waals surface area contributed by atoms with E-state index in [9.17, 15) is 9.59 Å². The first kappa shape index (κ1) is 19.5. The Morgan fingerprint density at radius 1 is 1.13 bits per heavy atom. The van der Waals surface area contributed by atoms with Gasteiger partial charge >= 0.3 is 5.97 Å². The van der Waals surface area contributed by atoms with Gasteiger partial charge < -0.3 is 14.3 Å². The number of aryl methyl sites for hydroxylation is 3. The second-order valence-electron chi connectivity index (χ2n) is 7.39. The zero-order valence-electron chi connectivity index (χ0n) is 16.9. The number of nitriles is 1. The number of ether oxygens (including phenoxy) is 1. The molecule has 0 unspecified atom stereocenters. The third-order valence-electron chi connectivity index (χ3n) is 5.20. The summed E-state index contributed by atoms with van der Waals surface area (Å²) in [6, 6.07) is 15.4. The molecule has 30 heavy (non-hydrogen) atoms. The number of aromatic nitrogens is 2. The van der Waals surface area contributed by atoms with E-state index in [1.165, 1.54) is 0 Å². The molecule has 0 radical (unpaired) electrons. The van der Waals surface area contributed by atoms with Gasteiger partial charge in [0.1, 0.15) is 5.69 Å². The fourth-order valence-corrected chi connectivity index (χ4v) is 3.82. The first-order chi connectivity index (χ1) is 14.5. The van der Waals surface area contributed by atoms with Crippen LogP contribution in [-0.4, -0.2) is 27.9 Å². The highest BCUT2D eigenvalue weighted by Crippen LogP contribution is 2.24. The number of carbonyl (C=O) groups is 2. The van der Waals surface area contributed by atoms with Crippen LogP contribution >= 0.6 is 0 Å². The summed E-state index contributed by atoms with van der Waals surface area (Å²) in [4.78, 5) is 28.4. The third kappa shape index (κ3) is 3.58. The molecule has 0 aliphatic rings. The van der Waals surface area contributed by atoms with Gasteiger partial charge in [-0.3, -0.25) is 4.79 Å². The average Bonchev–Trinajstić information content (AvgIpc) is 3.32. The van der Waals surface area contributed by atoms with E-state index in [2.05, 4.69) is 17.1 Å². The fourth-order valence-electron chi connectivity index (χ4n) is 3.82. The van der Waals surface area contributed by atoms with Gasteiger partial charge in [0.05, 0.1) is 12.5 Å². The number of carbonyl (C=O) groups excluding carboxylic acids is 2. The SMILES string of the molecule is Cc1cc(C)c2cc(C(=O)OCC(=O)c3cn(CCC#N)c4ccccc34)[nH]c2c1. The molecule has 2 heterocycles. The number of nitrogens with one attached hydrogen (secondary N) is 1. The smallest absolute Gasteiger partial charge is 0.355 e. The summed E-state index contributed by atoms with van der Waals surface area (Å²) < 4.78 is 7.19. The minimum absolute atomic E-state index is 0.279. The number of rotatable bonds is 6. The van der Waals surface area contributed by atoms with E-state index >= 15 is 0 Å². The van der Waals surface area contributed by atoms with Crippen molar-refractivity contribution in [2.75, 3.05) is 6.61 Å². The van der Waals surface area contributed by atoms with E-state index in [1.54, 1.807) is 12.3 Å². The van der Waals surface area contributed by atoms with Crippen molar-refractivity contribution < 1.29 is 14.3 Å². The number of ketones is 1. The highest BCUT2D eigenvalue weighted by molar-refractivity contribution is 6.09. The molecule has 0 saturated heterocycles. The Morgan fingerprint density at radius 2 is 1.93 bits per heavy atom. The molecule has 0 atom stereocenters. The Kier molecular flexibility index (Phi) is 5.11. The summed E-state index contributed by atoms with van der Waals surface area (Å²) in [7, 11) is 0.